The molecule has 0 aliphatic heterocycles. The number of halogens is 3. The van der Waals surface area contributed by atoms with Gasteiger partial charge in [0.25, 0.3) is 0 Å². The maximum atomic E-state index is 11.1. The van der Waals surface area contributed by atoms with Crippen molar-refractivity contribution in [2.24, 2.45) is 0 Å². The molecule has 1 aliphatic rings. The molecule has 0 amide bonds. The second-order valence-electron chi connectivity index (χ2n) is 2.09. The Morgan fingerprint density at radius 2 is 1.38 bits per heavy atom. The maximum Gasteiger partial charge on any atom is 0.218 e. The largest absolute Gasteiger partial charge is 0.287 e. The van der Waals surface area contributed by atoms with Crippen molar-refractivity contribution in [1.29, 1.82) is 5.26 Å². The number of nitriles is 1. The van der Waals surface area contributed by atoms with Gasteiger partial charge in [0.1, 0.15) is 26.7 Å². The minimum absolute atomic E-state index is 0.448. The Morgan fingerprint density at radius 3 is 1.85 bits per heavy atom. The first-order valence-corrected chi connectivity index (χ1v) is 4.08. The summed E-state index contributed by atoms with van der Waals surface area (Å²) in [6.45, 7) is 0. The molecular weight excluding hydrogens is 236 g/mol. The number of hydrogen-bond acceptors (Lipinski definition) is 3. The molecule has 0 fully saturated rings. The van der Waals surface area contributed by atoms with Crippen molar-refractivity contribution in [2.45, 2.75) is 0 Å². The van der Waals surface area contributed by atoms with E-state index in [9.17, 15) is 9.59 Å². The zero-order valence-electron chi connectivity index (χ0n) is 5.90. The molecule has 1 rings (SSSR count). The van der Waals surface area contributed by atoms with Gasteiger partial charge in [0.15, 0.2) is 0 Å². The van der Waals surface area contributed by atoms with Gasteiger partial charge in [-0.1, -0.05) is 34.8 Å². The molecule has 1 aliphatic carbocycles. The number of carbonyl (C=O) groups is 2. The van der Waals surface area contributed by atoms with E-state index in [2.05, 4.69) is 0 Å². The minimum atomic E-state index is -0.821. The van der Waals surface area contributed by atoms with Gasteiger partial charge in [0, 0.05) is 0 Å². The highest BCUT2D eigenvalue weighted by Gasteiger charge is 2.32. The van der Waals surface area contributed by atoms with Crippen LogP contribution in [0.4, 0.5) is 0 Å². The highest BCUT2D eigenvalue weighted by molar-refractivity contribution is 6.64. The summed E-state index contributed by atoms with van der Waals surface area (Å²) < 4.78 is 0. The Labute approximate surface area is 88.2 Å². The van der Waals surface area contributed by atoms with Crippen molar-refractivity contribution in [1.82, 2.24) is 0 Å². The molecule has 3 nitrogen and oxygen atoms in total. The predicted octanol–water partition coefficient (Wildman–Crippen LogP) is 1.84. The number of rotatable bonds is 0. The molecule has 0 heterocycles. The van der Waals surface area contributed by atoms with Crippen LogP contribution in [0.25, 0.3) is 0 Å². The van der Waals surface area contributed by atoms with E-state index in [4.69, 9.17) is 40.1 Å². The summed E-state index contributed by atoms with van der Waals surface area (Å²) in [5, 5.41) is 7.07. The first kappa shape index (κ1) is 10.3. The summed E-state index contributed by atoms with van der Waals surface area (Å²) in [7, 11) is 0. The maximum absolute atomic E-state index is 11.1. The molecule has 66 valence electrons. The molecule has 0 saturated carbocycles. The molecule has 0 spiro atoms. The normalized spacial score (nSPS) is 18.0. The van der Waals surface area contributed by atoms with E-state index < -0.39 is 32.2 Å². The zero-order valence-corrected chi connectivity index (χ0v) is 8.17. The van der Waals surface area contributed by atoms with Crippen molar-refractivity contribution in [3.05, 3.63) is 20.7 Å². The van der Waals surface area contributed by atoms with Gasteiger partial charge >= 0.3 is 0 Å². The van der Waals surface area contributed by atoms with Crippen molar-refractivity contribution in [3.63, 3.8) is 0 Å². The fourth-order valence-electron chi connectivity index (χ4n) is 0.719. The number of allylic oxidation sites excluding steroid dienone is 4. The van der Waals surface area contributed by atoms with Crippen LogP contribution in [0.1, 0.15) is 0 Å². The Morgan fingerprint density at radius 1 is 0.923 bits per heavy atom. The first-order chi connectivity index (χ1) is 6.00. The molecule has 0 aromatic carbocycles. The van der Waals surface area contributed by atoms with Crippen LogP contribution in [0.15, 0.2) is 20.7 Å². The van der Waals surface area contributed by atoms with E-state index in [-0.39, 0.29) is 0 Å². The Bertz CT molecular complexity index is 414. The lowest BCUT2D eigenvalue weighted by Crippen LogP contribution is -2.16. The Balaban J connectivity index is 3.40. The van der Waals surface area contributed by atoms with Gasteiger partial charge in [0.05, 0.1) is 0 Å². The van der Waals surface area contributed by atoms with Gasteiger partial charge in [-0.25, -0.2) is 0 Å². The van der Waals surface area contributed by atoms with E-state index >= 15 is 0 Å². The third-order valence-corrected chi connectivity index (χ3v) is 2.53. The van der Waals surface area contributed by atoms with Gasteiger partial charge < -0.3 is 0 Å². The van der Waals surface area contributed by atoms with Crippen LogP contribution in [0.5, 0.6) is 0 Å². The predicted molar refractivity (Wildman–Crippen MR) is 47.2 cm³/mol. The molecule has 0 aromatic heterocycles. The number of Topliss-reactive ketones (excluding diaryl/α,β-unsaturated/α-hetero) is 2. The summed E-state index contributed by atoms with van der Waals surface area (Å²) in [5.41, 5.74) is -0.471. The SMILES string of the molecule is N#CC1=C(Cl)C(=O)C(Cl)=C(Cl)C1=O. The number of ketones is 2. The van der Waals surface area contributed by atoms with E-state index in [0.717, 1.165) is 0 Å². The number of nitrogens with zero attached hydrogens (tertiary/aromatic N) is 1. The smallest absolute Gasteiger partial charge is 0.218 e. The molecule has 0 aromatic rings. The van der Waals surface area contributed by atoms with Crippen LogP contribution >= 0.6 is 34.8 Å². The van der Waals surface area contributed by atoms with E-state index in [0.29, 0.717) is 0 Å². The van der Waals surface area contributed by atoms with E-state index in [1.54, 1.807) is 0 Å². The molecule has 0 bridgehead atoms. The summed E-state index contributed by atoms with van der Waals surface area (Å²) >= 11 is 16.2. The second kappa shape index (κ2) is 3.51. The number of hydrogen-bond donors (Lipinski definition) is 0. The van der Waals surface area contributed by atoms with Gasteiger partial charge in [-0.05, 0) is 0 Å². The van der Waals surface area contributed by atoms with Crippen molar-refractivity contribution >= 4 is 46.4 Å². The van der Waals surface area contributed by atoms with Crippen LogP contribution in [-0.4, -0.2) is 11.6 Å². The molecule has 0 atom stereocenters. The van der Waals surface area contributed by atoms with Crippen LogP contribution < -0.4 is 0 Å². The monoisotopic (exact) mass is 235 g/mol. The average Bonchev–Trinajstić information content (AvgIpc) is 2.13. The minimum Gasteiger partial charge on any atom is -0.287 e. The fourth-order valence-corrected chi connectivity index (χ4v) is 1.35. The summed E-state index contributed by atoms with van der Waals surface area (Å²) in [5.74, 6) is -1.62. The molecule has 0 radical (unpaired) electrons. The molecule has 13 heavy (non-hydrogen) atoms. The standard InChI is InChI=1S/C7Cl3NO2/c8-3-2(1-11)6(12)4(9)5(10)7(3)13. The third-order valence-electron chi connectivity index (χ3n) is 1.35. The molecular formula is C7Cl3NO2. The van der Waals surface area contributed by atoms with Crippen LogP contribution in [0.3, 0.4) is 0 Å². The van der Waals surface area contributed by atoms with E-state index in [1.165, 1.54) is 6.07 Å². The summed E-state index contributed by atoms with van der Waals surface area (Å²) in [4.78, 5) is 22.2. The molecule has 0 saturated heterocycles. The molecule has 0 N–H and O–H groups in total. The molecule has 6 heteroatoms. The van der Waals surface area contributed by atoms with Crippen molar-refractivity contribution in [2.75, 3.05) is 0 Å². The lowest BCUT2D eigenvalue weighted by molar-refractivity contribution is -0.115. The second-order valence-corrected chi connectivity index (χ2v) is 3.22. The summed E-state index contributed by atoms with van der Waals surface area (Å²) in [6, 6.07) is 1.48. The third kappa shape index (κ3) is 1.49. The topological polar surface area (TPSA) is 57.9 Å². The van der Waals surface area contributed by atoms with Crippen molar-refractivity contribution < 1.29 is 9.59 Å². The zero-order chi connectivity index (χ0) is 10.2. The highest BCUT2D eigenvalue weighted by Crippen LogP contribution is 2.30. The van der Waals surface area contributed by atoms with Crippen LogP contribution in [-0.2, 0) is 9.59 Å². The average molecular weight is 236 g/mol. The first-order valence-electron chi connectivity index (χ1n) is 2.95. The van der Waals surface area contributed by atoms with Gasteiger partial charge in [0.2, 0.25) is 11.6 Å². The van der Waals surface area contributed by atoms with Crippen molar-refractivity contribution in [3.8, 4) is 6.07 Å². The Hall–Kier alpha value is -0.820. The highest BCUT2D eigenvalue weighted by atomic mass is 35.5. The van der Waals surface area contributed by atoms with E-state index in [1.807, 2.05) is 0 Å². The molecule has 0 unspecified atom stereocenters. The lowest BCUT2D eigenvalue weighted by Gasteiger charge is -2.08. The van der Waals surface area contributed by atoms with Crippen LogP contribution in [0, 0.1) is 11.3 Å². The van der Waals surface area contributed by atoms with Gasteiger partial charge in [-0.3, -0.25) is 9.59 Å². The summed E-state index contributed by atoms with van der Waals surface area (Å²) in [6.07, 6.45) is 0. The van der Waals surface area contributed by atoms with Gasteiger partial charge in [-0.15, -0.1) is 0 Å². The fraction of sp³-hybridized carbons (Fsp3) is 0. The van der Waals surface area contributed by atoms with Gasteiger partial charge in [-0.2, -0.15) is 5.26 Å². The van der Waals surface area contributed by atoms with Crippen LogP contribution in [0.2, 0.25) is 0 Å². The quantitative estimate of drug-likeness (QED) is 0.603. The number of carbonyl (C=O) groups excluding carboxylic acids is 2. The lowest BCUT2D eigenvalue weighted by atomic mass is 10.0. The Kier molecular flexibility index (Phi) is 2.77.